The van der Waals surface area contributed by atoms with Crippen molar-refractivity contribution in [1.82, 2.24) is 9.97 Å². The lowest BCUT2D eigenvalue weighted by Gasteiger charge is -2.30. The summed E-state index contributed by atoms with van der Waals surface area (Å²) in [5.74, 6) is 0.554. The van der Waals surface area contributed by atoms with Gasteiger partial charge >= 0.3 is 0 Å². The Kier molecular flexibility index (Phi) is 3.74. The second kappa shape index (κ2) is 5.29. The van der Waals surface area contributed by atoms with Crippen LogP contribution in [0.1, 0.15) is 13.3 Å². The van der Waals surface area contributed by atoms with Crippen LogP contribution in [0.25, 0.3) is 11.0 Å². The van der Waals surface area contributed by atoms with Crippen LogP contribution in [0, 0.1) is 0 Å². The average Bonchev–Trinajstić information content (AvgIpc) is 2.45. The van der Waals surface area contributed by atoms with Crippen molar-refractivity contribution in [1.29, 1.82) is 0 Å². The van der Waals surface area contributed by atoms with Crippen LogP contribution >= 0.6 is 0 Å². The zero-order chi connectivity index (χ0) is 13.0. The Labute approximate surface area is 106 Å². The number of fused-ring (bicyclic) bond motifs is 1. The summed E-state index contributed by atoms with van der Waals surface area (Å²) in [4.78, 5) is 8.69. The molecule has 18 heavy (non-hydrogen) atoms. The van der Waals surface area contributed by atoms with E-state index in [1.165, 1.54) is 0 Å². The predicted octanol–water partition coefficient (Wildman–Crippen LogP) is 1.18. The Morgan fingerprint density at radius 2 is 1.83 bits per heavy atom. The number of nitrogens with zero attached hydrogens (tertiary/aromatic N) is 2. The second-order valence-electron chi connectivity index (χ2n) is 4.32. The van der Waals surface area contributed by atoms with Crippen LogP contribution in [0.4, 0.5) is 5.82 Å². The van der Waals surface area contributed by atoms with Crippen LogP contribution in [-0.2, 0) is 0 Å². The van der Waals surface area contributed by atoms with Gasteiger partial charge in [0.2, 0.25) is 0 Å². The van der Waals surface area contributed by atoms with Crippen molar-refractivity contribution in [2.45, 2.75) is 18.9 Å². The molecule has 0 aliphatic heterocycles. The van der Waals surface area contributed by atoms with E-state index in [2.05, 4.69) is 15.3 Å². The lowest BCUT2D eigenvalue weighted by Crippen LogP contribution is -2.45. The largest absolute Gasteiger partial charge is 0.394 e. The molecule has 0 bridgehead atoms. The molecule has 0 aliphatic rings. The van der Waals surface area contributed by atoms with E-state index in [4.69, 9.17) is 0 Å². The number of anilines is 1. The van der Waals surface area contributed by atoms with Crippen molar-refractivity contribution < 1.29 is 10.2 Å². The molecule has 0 unspecified atom stereocenters. The van der Waals surface area contributed by atoms with Gasteiger partial charge in [-0.15, -0.1) is 0 Å². The fourth-order valence-electron chi connectivity index (χ4n) is 1.73. The Bertz CT molecular complexity index is 518. The zero-order valence-corrected chi connectivity index (χ0v) is 10.3. The molecule has 3 N–H and O–H groups in total. The molecular formula is C13H17N3O2. The van der Waals surface area contributed by atoms with Crippen LogP contribution in [0.2, 0.25) is 0 Å². The average molecular weight is 247 g/mol. The molecule has 0 amide bonds. The first-order valence-corrected chi connectivity index (χ1v) is 5.95. The highest BCUT2D eigenvalue weighted by atomic mass is 16.3. The normalized spacial score (nSPS) is 11.7. The maximum atomic E-state index is 9.38. The molecule has 0 radical (unpaired) electrons. The van der Waals surface area contributed by atoms with Gasteiger partial charge in [0, 0.05) is 0 Å². The number of hydrogen-bond donors (Lipinski definition) is 3. The first kappa shape index (κ1) is 12.7. The Morgan fingerprint density at radius 1 is 1.17 bits per heavy atom. The number of aliphatic hydroxyl groups is 2. The molecule has 0 aliphatic carbocycles. The van der Waals surface area contributed by atoms with E-state index in [9.17, 15) is 10.2 Å². The van der Waals surface area contributed by atoms with Gasteiger partial charge in [-0.25, -0.2) is 4.98 Å². The lowest BCUT2D eigenvalue weighted by molar-refractivity contribution is 0.132. The molecule has 0 saturated carbocycles. The number of nitrogens with one attached hydrogen (secondary N) is 1. The topological polar surface area (TPSA) is 78.3 Å². The number of aromatic nitrogens is 2. The van der Waals surface area contributed by atoms with Crippen molar-refractivity contribution in [2.24, 2.45) is 0 Å². The third-order valence-electron chi connectivity index (χ3n) is 3.12. The molecule has 0 atom stereocenters. The van der Waals surface area contributed by atoms with E-state index >= 15 is 0 Å². The Morgan fingerprint density at radius 3 is 2.44 bits per heavy atom. The van der Waals surface area contributed by atoms with Crippen LogP contribution in [0.3, 0.4) is 0 Å². The van der Waals surface area contributed by atoms with Gasteiger partial charge in [-0.05, 0) is 18.6 Å². The van der Waals surface area contributed by atoms with Crippen LogP contribution in [-0.4, -0.2) is 38.9 Å². The van der Waals surface area contributed by atoms with Gasteiger partial charge < -0.3 is 15.5 Å². The number of hydrogen-bond acceptors (Lipinski definition) is 5. The predicted molar refractivity (Wildman–Crippen MR) is 70.4 cm³/mol. The maximum Gasteiger partial charge on any atom is 0.145 e. The van der Waals surface area contributed by atoms with E-state index in [-0.39, 0.29) is 13.2 Å². The molecule has 1 aromatic heterocycles. The van der Waals surface area contributed by atoms with Gasteiger partial charge in [0.25, 0.3) is 0 Å². The van der Waals surface area contributed by atoms with Crippen molar-refractivity contribution >= 4 is 16.9 Å². The Hall–Kier alpha value is -1.72. The van der Waals surface area contributed by atoms with Crippen LogP contribution < -0.4 is 5.32 Å². The highest BCUT2D eigenvalue weighted by molar-refractivity contribution is 5.75. The molecule has 2 rings (SSSR count). The van der Waals surface area contributed by atoms with E-state index in [1.54, 1.807) is 6.20 Å². The monoisotopic (exact) mass is 247 g/mol. The van der Waals surface area contributed by atoms with Crippen molar-refractivity contribution in [3.8, 4) is 0 Å². The number of aliphatic hydroxyl groups excluding tert-OH is 2. The summed E-state index contributed by atoms with van der Waals surface area (Å²) in [6.07, 6.45) is 2.20. The lowest BCUT2D eigenvalue weighted by atomic mass is 9.99. The van der Waals surface area contributed by atoms with Gasteiger partial charge in [-0.2, -0.15) is 0 Å². The van der Waals surface area contributed by atoms with Gasteiger partial charge in [0.1, 0.15) is 5.82 Å². The molecule has 0 saturated heterocycles. The molecule has 5 nitrogen and oxygen atoms in total. The minimum Gasteiger partial charge on any atom is -0.394 e. The summed E-state index contributed by atoms with van der Waals surface area (Å²) >= 11 is 0. The third-order valence-corrected chi connectivity index (χ3v) is 3.12. The van der Waals surface area contributed by atoms with Crippen LogP contribution in [0.15, 0.2) is 30.5 Å². The summed E-state index contributed by atoms with van der Waals surface area (Å²) < 4.78 is 0. The summed E-state index contributed by atoms with van der Waals surface area (Å²) in [5.41, 5.74) is 0.846. The highest BCUT2D eigenvalue weighted by Crippen LogP contribution is 2.18. The minimum atomic E-state index is -0.753. The quantitative estimate of drug-likeness (QED) is 0.739. The molecule has 5 heteroatoms. The molecule has 1 heterocycles. The first-order valence-electron chi connectivity index (χ1n) is 5.95. The van der Waals surface area contributed by atoms with Crippen molar-refractivity contribution in [3.63, 3.8) is 0 Å². The molecule has 0 spiro atoms. The minimum absolute atomic E-state index is 0.158. The fraction of sp³-hybridized carbons (Fsp3) is 0.385. The molecule has 2 aromatic rings. The first-order chi connectivity index (χ1) is 8.73. The number of para-hydroxylation sites is 2. The van der Waals surface area contributed by atoms with Gasteiger partial charge in [0.15, 0.2) is 0 Å². The summed E-state index contributed by atoms with van der Waals surface area (Å²) in [6, 6.07) is 7.56. The summed E-state index contributed by atoms with van der Waals surface area (Å²) in [6.45, 7) is 1.58. The van der Waals surface area contributed by atoms with Gasteiger partial charge in [0.05, 0.1) is 36.0 Å². The number of rotatable bonds is 5. The number of benzene rings is 1. The molecule has 0 fully saturated rings. The summed E-state index contributed by atoms with van der Waals surface area (Å²) in [7, 11) is 0. The van der Waals surface area contributed by atoms with Crippen molar-refractivity contribution in [2.75, 3.05) is 18.5 Å². The van der Waals surface area contributed by atoms with Crippen molar-refractivity contribution in [3.05, 3.63) is 30.5 Å². The standard InChI is InChI=1S/C13H17N3O2/c1-2-13(8-17,9-18)16-12-7-14-10-5-3-4-6-11(10)15-12/h3-7,17-18H,2,8-9H2,1H3,(H,15,16). The third kappa shape index (κ3) is 2.42. The van der Waals surface area contributed by atoms with Gasteiger partial charge in [-0.3, -0.25) is 4.98 Å². The molecular weight excluding hydrogens is 230 g/mol. The SMILES string of the molecule is CCC(CO)(CO)Nc1cnc2ccccc2n1. The zero-order valence-electron chi connectivity index (χ0n) is 10.3. The van der Waals surface area contributed by atoms with Gasteiger partial charge in [-0.1, -0.05) is 19.1 Å². The molecule has 1 aromatic carbocycles. The van der Waals surface area contributed by atoms with Crippen LogP contribution in [0.5, 0.6) is 0 Å². The van der Waals surface area contributed by atoms with E-state index in [0.29, 0.717) is 12.2 Å². The highest BCUT2D eigenvalue weighted by Gasteiger charge is 2.26. The smallest absolute Gasteiger partial charge is 0.145 e. The molecule has 96 valence electrons. The second-order valence-corrected chi connectivity index (χ2v) is 4.32. The maximum absolute atomic E-state index is 9.38. The summed E-state index contributed by atoms with van der Waals surface area (Å²) in [5, 5.41) is 21.8. The van der Waals surface area contributed by atoms with E-state index < -0.39 is 5.54 Å². The fourth-order valence-corrected chi connectivity index (χ4v) is 1.73. The Balaban J connectivity index is 2.31. The van der Waals surface area contributed by atoms with E-state index in [0.717, 1.165) is 11.0 Å². The van der Waals surface area contributed by atoms with E-state index in [1.807, 2.05) is 31.2 Å².